The van der Waals surface area contributed by atoms with Gasteiger partial charge < -0.3 is 0 Å². The molecule has 0 radical (unpaired) electrons. The molecule has 10 heteroatoms. The molecule has 3 aromatic carbocycles. The number of carbonyl (C=O) groups is 2. The van der Waals surface area contributed by atoms with Crippen LogP contribution in [0.5, 0.6) is 0 Å². The Bertz CT molecular complexity index is 1690. The average Bonchev–Trinajstić information content (AvgIpc) is 2.90. The number of Topliss-reactive ketones (excluding diaryl/α,β-unsaturated/α-hetero) is 2. The second kappa shape index (κ2) is 9.55. The fraction of sp³-hybridized carbons (Fsp3) is 0.133. The van der Waals surface area contributed by atoms with Crippen molar-refractivity contribution >= 4 is 33.4 Å². The minimum Gasteiger partial charge on any atom is -0.295 e. The maximum absolute atomic E-state index is 14.0. The molecular formula is C30H18F6N2O2. The Morgan fingerprint density at radius 3 is 1.20 bits per heavy atom. The first-order chi connectivity index (χ1) is 18.7. The molecule has 5 rings (SSSR count). The topological polar surface area (TPSA) is 59.9 Å². The van der Waals surface area contributed by atoms with Gasteiger partial charge in [-0.25, -0.2) is 9.97 Å². The third-order valence-electron chi connectivity index (χ3n) is 6.49. The fourth-order valence-corrected chi connectivity index (χ4v) is 4.49. The number of carbonyl (C=O) groups excluding carboxylic acids is 2. The van der Waals surface area contributed by atoms with E-state index in [4.69, 9.17) is 0 Å². The van der Waals surface area contributed by atoms with Crippen molar-refractivity contribution in [1.29, 1.82) is 0 Å². The number of halogens is 6. The fourth-order valence-electron chi connectivity index (χ4n) is 4.49. The molecule has 0 saturated heterocycles. The van der Waals surface area contributed by atoms with Gasteiger partial charge in [-0.3, -0.25) is 9.59 Å². The number of aromatic nitrogens is 2. The lowest BCUT2D eigenvalue weighted by Crippen LogP contribution is -2.11. The molecule has 0 spiro atoms. The number of benzene rings is 3. The predicted molar refractivity (Wildman–Crippen MR) is 138 cm³/mol. The Kier molecular flexibility index (Phi) is 6.44. The molecule has 0 saturated carbocycles. The van der Waals surface area contributed by atoms with Crippen LogP contribution in [-0.4, -0.2) is 21.5 Å². The molecule has 0 amide bonds. The van der Waals surface area contributed by atoms with E-state index < -0.39 is 23.7 Å². The highest BCUT2D eigenvalue weighted by Gasteiger charge is 2.37. The first kappa shape index (κ1) is 27.0. The second-order valence-corrected chi connectivity index (χ2v) is 9.27. The van der Waals surface area contributed by atoms with E-state index in [9.17, 15) is 35.9 Å². The van der Waals surface area contributed by atoms with Crippen LogP contribution in [0.25, 0.3) is 44.1 Å². The summed E-state index contributed by atoms with van der Waals surface area (Å²) in [5.74, 6) is -0.542. The van der Waals surface area contributed by atoms with E-state index >= 15 is 0 Å². The zero-order chi connectivity index (χ0) is 29.0. The van der Waals surface area contributed by atoms with Gasteiger partial charge in [0, 0.05) is 33.0 Å². The molecule has 0 aliphatic carbocycles. The van der Waals surface area contributed by atoms with Gasteiger partial charge in [-0.05, 0) is 73.5 Å². The number of hydrogen-bond acceptors (Lipinski definition) is 4. The molecule has 0 N–H and O–H groups in total. The van der Waals surface area contributed by atoms with Crippen LogP contribution in [0.2, 0.25) is 0 Å². The Morgan fingerprint density at radius 2 is 0.900 bits per heavy atom. The first-order valence-electron chi connectivity index (χ1n) is 11.9. The average molecular weight is 552 g/mol. The minimum absolute atomic E-state index is 0.0414. The number of nitrogens with zero attached hydrogens (tertiary/aromatic N) is 2. The van der Waals surface area contributed by atoms with E-state index in [1.165, 1.54) is 86.6 Å². The number of ketones is 2. The maximum Gasteiger partial charge on any atom is 0.433 e. The van der Waals surface area contributed by atoms with Crippen molar-refractivity contribution in [2.45, 2.75) is 26.2 Å². The van der Waals surface area contributed by atoms with Crippen LogP contribution >= 0.6 is 0 Å². The Hall–Kier alpha value is -4.60. The summed E-state index contributed by atoms with van der Waals surface area (Å²) in [7, 11) is 0. The number of hydrogen-bond donors (Lipinski definition) is 0. The normalized spacial score (nSPS) is 12.2. The molecule has 0 aliphatic rings. The highest BCUT2D eigenvalue weighted by Crippen LogP contribution is 2.41. The highest BCUT2D eigenvalue weighted by molar-refractivity contribution is 5.99. The quantitative estimate of drug-likeness (QED) is 0.166. The van der Waals surface area contributed by atoms with Gasteiger partial charge in [-0.2, -0.15) is 26.3 Å². The largest absolute Gasteiger partial charge is 0.433 e. The molecule has 0 aliphatic heterocycles. The van der Waals surface area contributed by atoms with Crippen LogP contribution in [0.1, 0.15) is 46.0 Å². The monoisotopic (exact) mass is 552 g/mol. The van der Waals surface area contributed by atoms with Crippen LogP contribution in [-0.2, 0) is 12.4 Å². The third-order valence-corrected chi connectivity index (χ3v) is 6.49. The molecule has 202 valence electrons. The van der Waals surface area contributed by atoms with Crippen molar-refractivity contribution in [3.8, 4) is 22.3 Å². The third kappa shape index (κ3) is 5.04. The molecule has 4 nitrogen and oxygen atoms in total. The van der Waals surface area contributed by atoms with Gasteiger partial charge in [0.15, 0.2) is 23.0 Å². The Labute approximate surface area is 223 Å². The zero-order valence-corrected chi connectivity index (χ0v) is 20.9. The first-order valence-corrected chi connectivity index (χ1v) is 11.9. The second-order valence-electron chi connectivity index (χ2n) is 9.27. The van der Waals surface area contributed by atoms with Crippen LogP contribution in [0.3, 0.4) is 0 Å². The van der Waals surface area contributed by atoms with Crippen molar-refractivity contribution in [2.75, 3.05) is 0 Å². The summed E-state index contributed by atoms with van der Waals surface area (Å²) in [6.45, 7) is 2.66. The lowest BCUT2D eigenvalue weighted by molar-refractivity contribution is -0.141. The van der Waals surface area contributed by atoms with Gasteiger partial charge in [-0.15, -0.1) is 0 Å². The van der Waals surface area contributed by atoms with Gasteiger partial charge in [0.2, 0.25) is 0 Å². The summed E-state index contributed by atoms with van der Waals surface area (Å²) in [6.07, 6.45) is -9.64. The Morgan fingerprint density at radius 1 is 0.550 bits per heavy atom. The lowest BCUT2D eigenvalue weighted by atomic mass is 9.95. The standard InChI is InChI=1S/C30H18F6N2O2/c1-15(39)19-7-9-25-21(11-19)13-23(27(37-25)29(31,32)33)17-3-5-18(6-4-17)24-14-22-12-20(16(2)40)8-10-26(22)38-28(24)30(34,35)36/h3-14H,1-2H3. The summed E-state index contributed by atoms with van der Waals surface area (Å²) in [4.78, 5) is 31.1. The smallest absolute Gasteiger partial charge is 0.295 e. The van der Waals surface area contributed by atoms with Crippen molar-refractivity contribution in [1.82, 2.24) is 9.97 Å². The van der Waals surface area contributed by atoms with E-state index in [0.29, 0.717) is 21.9 Å². The van der Waals surface area contributed by atoms with Gasteiger partial charge in [0.05, 0.1) is 11.0 Å². The number of pyridine rings is 2. The molecule has 0 atom stereocenters. The SMILES string of the molecule is CC(=O)c1ccc2nc(C(F)(F)F)c(-c3ccc(-c4cc5cc(C(C)=O)ccc5nc4C(F)(F)F)cc3)cc2c1. The number of alkyl halides is 6. The molecular weight excluding hydrogens is 534 g/mol. The molecule has 2 aromatic heterocycles. The molecule has 0 unspecified atom stereocenters. The van der Waals surface area contributed by atoms with Gasteiger partial charge in [-0.1, -0.05) is 24.3 Å². The van der Waals surface area contributed by atoms with Crippen molar-refractivity contribution in [3.05, 3.63) is 95.3 Å². The van der Waals surface area contributed by atoms with Crippen LogP contribution in [0.4, 0.5) is 26.3 Å². The predicted octanol–water partition coefficient (Wildman–Crippen LogP) is 8.56. The van der Waals surface area contributed by atoms with E-state index in [0.717, 1.165) is 0 Å². The molecule has 2 heterocycles. The summed E-state index contributed by atoms with van der Waals surface area (Å²) >= 11 is 0. The van der Waals surface area contributed by atoms with Crippen molar-refractivity contribution < 1.29 is 35.9 Å². The number of fused-ring (bicyclic) bond motifs is 2. The summed E-state index contributed by atoms with van der Waals surface area (Å²) < 4.78 is 83.8. The number of rotatable bonds is 4. The maximum atomic E-state index is 14.0. The van der Waals surface area contributed by atoms with Crippen molar-refractivity contribution in [3.63, 3.8) is 0 Å². The van der Waals surface area contributed by atoms with Gasteiger partial charge in [0.25, 0.3) is 0 Å². The van der Waals surface area contributed by atoms with Gasteiger partial charge in [0.1, 0.15) is 0 Å². The van der Waals surface area contributed by atoms with E-state index in [-0.39, 0.29) is 44.9 Å². The highest BCUT2D eigenvalue weighted by atomic mass is 19.4. The molecule has 0 bridgehead atoms. The Balaban J connectivity index is 1.67. The van der Waals surface area contributed by atoms with Crippen LogP contribution in [0.15, 0.2) is 72.8 Å². The lowest BCUT2D eigenvalue weighted by Gasteiger charge is -2.16. The summed E-state index contributed by atoms with van der Waals surface area (Å²) in [5, 5.41) is 0.610. The van der Waals surface area contributed by atoms with Crippen LogP contribution in [0, 0.1) is 0 Å². The van der Waals surface area contributed by atoms with E-state index in [1.54, 1.807) is 0 Å². The zero-order valence-electron chi connectivity index (χ0n) is 20.9. The van der Waals surface area contributed by atoms with E-state index in [2.05, 4.69) is 9.97 Å². The molecule has 5 aromatic rings. The summed E-state index contributed by atoms with van der Waals surface area (Å²) in [5.41, 5.74) is -2.08. The molecule has 0 fully saturated rings. The van der Waals surface area contributed by atoms with Crippen molar-refractivity contribution in [2.24, 2.45) is 0 Å². The van der Waals surface area contributed by atoms with Gasteiger partial charge >= 0.3 is 12.4 Å². The van der Waals surface area contributed by atoms with E-state index in [1.807, 2.05) is 0 Å². The minimum atomic E-state index is -4.82. The summed E-state index contributed by atoms with van der Waals surface area (Å²) in [6, 6.07) is 15.9. The molecule has 40 heavy (non-hydrogen) atoms. The van der Waals surface area contributed by atoms with Crippen LogP contribution < -0.4 is 0 Å².